The molecule has 2 aromatic heterocycles. The van der Waals surface area contributed by atoms with Crippen molar-refractivity contribution in [2.75, 3.05) is 36.5 Å². The number of thiophene rings is 1. The molecule has 104 valence electrons. The Morgan fingerprint density at radius 2 is 2.15 bits per heavy atom. The number of anilines is 2. The molecule has 0 bridgehead atoms. The van der Waals surface area contributed by atoms with Crippen molar-refractivity contribution in [2.45, 2.75) is 0 Å². The number of rotatable bonds is 3. The molecule has 0 spiro atoms. The lowest BCUT2D eigenvalue weighted by Gasteiger charge is -2.22. The number of H-pyrrole nitrogens is 1. The second-order valence-electron chi connectivity index (χ2n) is 4.46. The van der Waals surface area contributed by atoms with Crippen LogP contribution >= 0.6 is 11.3 Å². The average Bonchev–Trinajstić information content (AvgIpc) is 3.03. The summed E-state index contributed by atoms with van der Waals surface area (Å²) in [4.78, 5) is 18.3. The normalized spacial score (nSPS) is 15.1. The lowest BCUT2D eigenvalue weighted by atomic mass is 10.3. The highest BCUT2D eigenvalue weighted by Crippen LogP contribution is 2.22. The molecule has 1 aliphatic heterocycles. The Morgan fingerprint density at radius 1 is 1.30 bits per heavy atom. The van der Waals surface area contributed by atoms with E-state index >= 15 is 0 Å². The van der Waals surface area contributed by atoms with Gasteiger partial charge in [-0.25, -0.2) is 4.98 Å². The van der Waals surface area contributed by atoms with Crippen molar-refractivity contribution >= 4 is 28.7 Å². The molecule has 1 amide bonds. The highest BCUT2D eigenvalue weighted by atomic mass is 32.1. The third kappa shape index (κ3) is 2.81. The molecule has 1 fully saturated rings. The van der Waals surface area contributed by atoms with Crippen LogP contribution in [-0.2, 0) is 4.74 Å². The fraction of sp³-hybridized carbons (Fsp3) is 0.286. The van der Waals surface area contributed by atoms with Crippen molar-refractivity contribution in [1.29, 1.82) is 0 Å². The first-order chi connectivity index (χ1) is 9.84. The van der Waals surface area contributed by atoms with Crippen LogP contribution < -0.4 is 15.2 Å². The van der Waals surface area contributed by atoms with E-state index in [2.05, 4.69) is 15.2 Å². The molecule has 2 aromatic rings. The number of carbonyl (C=O) groups excluding carboxylic acids is 1. The molecule has 0 atom stereocenters. The van der Waals surface area contributed by atoms with Crippen molar-refractivity contribution in [3.63, 3.8) is 0 Å². The van der Waals surface area contributed by atoms with E-state index in [4.69, 9.17) is 4.74 Å². The first-order valence-electron chi connectivity index (χ1n) is 6.53. The van der Waals surface area contributed by atoms with Gasteiger partial charge in [-0.2, -0.15) is 0 Å². The zero-order chi connectivity index (χ0) is 13.8. The van der Waals surface area contributed by atoms with Gasteiger partial charge in [0.15, 0.2) is 0 Å². The highest BCUT2D eigenvalue weighted by molar-refractivity contribution is 7.12. The van der Waals surface area contributed by atoms with Crippen LogP contribution in [0.15, 0.2) is 35.8 Å². The van der Waals surface area contributed by atoms with Gasteiger partial charge < -0.3 is 10.1 Å². The van der Waals surface area contributed by atoms with E-state index < -0.39 is 0 Å². The number of ether oxygens (including phenoxy) is 1. The third-order valence-electron chi connectivity index (χ3n) is 3.15. The lowest BCUT2D eigenvalue weighted by molar-refractivity contribution is -0.363. The van der Waals surface area contributed by atoms with Crippen LogP contribution in [0.25, 0.3) is 0 Å². The smallest absolute Gasteiger partial charge is 0.298 e. The van der Waals surface area contributed by atoms with E-state index in [0.29, 0.717) is 18.1 Å². The van der Waals surface area contributed by atoms with Gasteiger partial charge in [0, 0.05) is 0 Å². The summed E-state index contributed by atoms with van der Waals surface area (Å²) >= 11 is 1.44. The fourth-order valence-corrected chi connectivity index (χ4v) is 2.79. The first kappa shape index (κ1) is 13.1. The largest absolute Gasteiger partial charge is 0.373 e. The second-order valence-corrected chi connectivity index (χ2v) is 5.41. The molecule has 3 heterocycles. The van der Waals surface area contributed by atoms with E-state index in [1.807, 2.05) is 35.8 Å². The summed E-state index contributed by atoms with van der Waals surface area (Å²) in [5.74, 6) is 0.856. The SMILES string of the molecule is O=C(Nc1ccc[nH+]c1N1CCOCC1)c1cccs1. The summed E-state index contributed by atoms with van der Waals surface area (Å²) in [6, 6.07) is 7.49. The number of nitrogens with one attached hydrogen (secondary N) is 2. The van der Waals surface area contributed by atoms with Gasteiger partial charge >= 0.3 is 0 Å². The van der Waals surface area contributed by atoms with Crippen LogP contribution in [0, 0.1) is 0 Å². The van der Waals surface area contributed by atoms with Crippen LogP contribution in [0.1, 0.15) is 9.67 Å². The molecule has 0 aromatic carbocycles. The van der Waals surface area contributed by atoms with Gasteiger partial charge in [0.2, 0.25) is 0 Å². The summed E-state index contributed by atoms with van der Waals surface area (Å²) < 4.78 is 5.36. The molecule has 5 nitrogen and oxygen atoms in total. The molecule has 6 heteroatoms. The molecule has 0 radical (unpaired) electrons. The van der Waals surface area contributed by atoms with Crippen LogP contribution in [-0.4, -0.2) is 32.2 Å². The van der Waals surface area contributed by atoms with Crippen LogP contribution in [0.2, 0.25) is 0 Å². The number of aromatic amines is 1. The van der Waals surface area contributed by atoms with Gasteiger partial charge in [0.05, 0.1) is 24.3 Å². The van der Waals surface area contributed by atoms with Crippen molar-refractivity contribution in [3.05, 3.63) is 40.7 Å². The molecule has 0 saturated carbocycles. The summed E-state index contributed by atoms with van der Waals surface area (Å²) in [6.07, 6.45) is 1.87. The Bertz CT molecular complexity index is 580. The van der Waals surface area contributed by atoms with E-state index in [0.717, 1.165) is 24.6 Å². The predicted molar refractivity (Wildman–Crippen MR) is 78.3 cm³/mol. The quantitative estimate of drug-likeness (QED) is 0.935. The Hall–Kier alpha value is -1.92. The Kier molecular flexibility index (Phi) is 3.94. The molecule has 2 N–H and O–H groups in total. The van der Waals surface area contributed by atoms with Gasteiger partial charge in [-0.1, -0.05) is 6.07 Å². The van der Waals surface area contributed by atoms with E-state index in [-0.39, 0.29) is 5.91 Å². The van der Waals surface area contributed by atoms with Gasteiger partial charge in [-0.15, -0.1) is 11.3 Å². The number of nitrogens with zero attached hydrogens (tertiary/aromatic N) is 1. The minimum Gasteiger partial charge on any atom is -0.373 e. The van der Waals surface area contributed by atoms with Crippen LogP contribution in [0.4, 0.5) is 11.5 Å². The van der Waals surface area contributed by atoms with E-state index in [1.165, 1.54) is 11.3 Å². The Balaban J connectivity index is 1.80. The number of amides is 1. The summed E-state index contributed by atoms with van der Waals surface area (Å²) in [6.45, 7) is 3.06. The molecule has 1 saturated heterocycles. The molecule has 1 aliphatic rings. The number of carbonyl (C=O) groups is 1. The number of pyridine rings is 1. The molecular formula is C14H16N3O2S+. The van der Waals surface area contributed by atoms with Crippen molar-refractivity contribution < 1.29 is 14.5 Å². The lowest BCUT2D eigenvalue weighted by Crippen LogP contribution is -2.40. The summed E-state index contributed by atoms with van der Waals surface area (Å²) in [5, 5.41) is 4.87. The van der Waals surface area contributed by atoms with Gasteiger partial charge in [0.1, 0.15) is 18.8 Å². The maximum atomic E-state index is 12.2. The third-order valence-corrected chi connectivity index (χ3v) is 4.02. The van der Waals surface area contributed by atoms with Crippen molar-refractivity contribution in [2.24, 2.45) is 0 Å². The number of hydrogen-bond donors (Lipinski definition) is 1. The number of hydrogen-bond acceptors (Lipinski definition) is 4. The topological polar surface area (TPSA) is 55.7 Å². The first-order valence-corrected chi connectivity index (χ1v) is 7.41. The molecule has 3 rings (SSSR count). The van der Waals surface area contributed by atoms with Crippen LogP contribution in [0.5, 0.6) is 0 Å². The maximum absolute atomic E-state index is 12.2. The van der Waals surface area contributed by atoms with Crippen LogP contribution in [0.3, 0.4) is 0 Å². The molecule has 20 heavy (non-hydrogen) atoms. The fourth-order valence-electron chi connectivity index (χ4n) is 2.17. The standard InChI is InChI=1S/C14H15N3O2S/c18-14(12-4-2-10-20-12)16-11-3-1-5-15-13(11)17-6-8-19-9-7-17/h1-5,10H,6-9H2,(H,16,18)/p+1. The van der Waals surface area contributed by atoms with Crippen molar-refractivity contribution in [3.8, 4) is 0 Å². The predicted octanol–water partition coefficient (Wildman–Crippen LogP) is 1.65. The Labute approximate surface area is 121 Å². The highest BCUT2D eigenvalue weighted by Gasteiger charge is 2.23. The van der Waals surface area contributed by atoms with Gasteiger partial charge in [-0.3, -0.25) is 9.69 Å². The van der Waals surface area contributed by atoms with E-state index in [9.17, 15) is 4.79 Å². The average molecular weight is 290 g/mol. The van der Waals surface area contributed by atoms with Gasteiger partial charge in [-0.05, 0) is 23.6 Å². The van der Waals surface area contributed by atoms with Gasteiger partial charge in [0.25, 0.3) is 11.7 Å². The Morgan fingerprint density at radius 3 is 2.90 bits per heavy atom. The summed E-state index contributed by atoms with van der Waals surface area (Å²) in [7, 11) is 0. The minimum absolute atomic E-state index is 0.0749. The number of aromatic nitrogens is 1. The molecular weight excluding hydrogens is 274 g/mol. The maximum Gasteiger partial charge on any atom is 0.298 e. The monoisotopic (exact) mass is 290 g/mol. The minimum atomic E-state index is -0.0749. The van der Waals surface area contributed by atoms with Crippen molar-refractivity contribution in [1.82, 2.24) is 0 Å². The summed E-state index contributed by atoms with van der Waals surface area (Å²) in [5.41, 5.74) is 0.799. The molecule has 0 unspecified atom stereocenters. The zero-order valence-electron chi connectivity index (χ0n) is 11.0. The second kappa shape index (κ2) is 6.02. The number of morpholine rings is 1. The zero-order valence-corrected chi connectivity index (χ0v) is 11.8. The molecule has 0 aliphatic carbocycles. The van der Waals surface area contributed by atoms with E-state index in [1.54, 1.807) is 0 Å².